The second-order valence-corrected chi connectivity index (χ2v) is 8.79. The molecule has 5 nitrogen and oxygen atoms in total. The minimum atomic E-state index is 0.146. The van der Waals surface area contributed by atoms with E-state index in [9.17, 15) is 9.59 Å². The van der Waals surface area contributed by atoms with Crippen LogP contribution in [0.3, 0.4) is 0 Å². The van der Waals surface area contributed by atoms with E-state index in [4.69, 9.17) is 0 Å². The van der Waals surface area contributed by atoms with Crippen LogP contribution in [0.25, 0.3) is 0 Å². The highest BCUT2D eigenvalue weighted by atomic mass is 16.2. The molecule has 0 aliphatic heterocycles. The highest BCUT2D eigenvalue weighted by Crippen LogP contribution is 2.39. The van der Waals surface area contributed by atoms with Gasteiger partial charge in [0.15, 0.2) is 0 Å². The van der Waals surface area contributed by atoms with Crippen molar-refractivity contribution in [3.05, 3.63) is 11.6 Å². The first kappa shape index (κ1) is 20.9. The molecule has 26 heavy (non-hydrogen) atoms. The van der Waals surface area contributed by atoms with Crippen molar-refractivity contribution in [2.24, 2.45) is 29.6 Å². The highest BCUT2D eigenvalue weighted by molar-refractivity contribution is 5.80. The molecular weight excluding hydrogens is 326 g/mol. The van der Waals surface area contributed by atoms with Crippen LogP contribution in [0.1, 0.15) is 46.5 Å². The second kappa shape index (κ2) is 9.54. The molecule has 2 aliphatic carbocycles. The van der Waals surface area contributed by atoms with E-state index in [0.717, 1.165) is 32.4 Å². The van der Waals surface area contributed by atoms with Crippen LogP contribution in [0.4, 0.5) is 0 Å². The summed E-state index contributed by atoms with van der Waals surface area (Å²) in [6, 6.07) is 0. The van der Waals surface area contributed by atoms with Crippen molar-refractivity contribution in [3.8, 4) is 0 Å². The summed E-state index contributed by atoms with van der Waals surface area (Å²) < 4.78 is 0. The van der Waals surface area contributed by atoms with Crippen molar-refractivity contribution in [1.29, 1.82) is 0 Å². The lowest BCUT2D eigenvalue weighted by Crippen LogP contribution is -2.38. The molecule has 0 heterocycles. The molecule has 2 amide bonds. The van der Waals surface area contributed by atoms with Gasteiger partial charge in [-0.15, -0.1) is 0 Å². The smallest absolute Gasteiger partial charge is 0.223 e. The molecule has 1 saturated carbocycles. The lowest BCUT2D eigenvalue weighted by atomic mass is 9.69. The van der Waals surface area contributed by atoms with Gasteiger partial charge in [0.25, 0.3) is 0 Å². The molecule has 0 aromatic rings. The third-order valence-electron chi connectivity index (χ3n) is 5.86. The third kappa shape index (κ3) is 6.42. The van der Waals surface area contributed by atoms with E-state index >= 15 is 0 Å². The number of hydrogen-bond acceptors (Lipinski definition) is 3. The number of carbonyl (C=O) groups excluding carboxylic acids is 2. The minimum absolute atomic E-state index is 0.146. The fourth-order valence-corrected chi connectivity index (χ4v) is 3.93. The van der Waals surface area contributed by atoms with Crippen LogP contribution in [-0.2, 0) is 9.59 Å². The summed E-state index contributed by atoms with van der Waals surface area (Å²) in [6.45, 7) is 8.95. The standard InChI is InChI=1S/C21H37N3O2/c1-14(2)19-11-17(12-20(25)22-8-9-24(4)5)15(3)10-18(19)13-23-21(26)16-6-7-16/h10,14,16-19H,6-9,11-13H2,1-5H3,(H,22,25)(H,23,26). The Labute approximate surface area is 159 Å². The van der Waals surface area contributed by atoms with E-state index in [-0.39, 0.29) is 17.7 Å². The quantitative estimate of drug-likeness (QED) is 0.619. The Hall–Kier alpha value is -1.36. The number of rotatable bonds is 9. The first-order chi connectivity index (χ1) is 12.3. The first-order valence-corrected chi connectivity index (χ1v) is 10.1. The van der Waals surface area contributed by atoms with Crippen molar-refractivity contribution >= 4 is 11.8 Å². The van der Waals surface area contributed by atoms with Gasteiger partial charge in [-0.25, -0.2) is 0 Å². The topological polar surface area (TPSA) is 61.4 Å². The normalized spacial score (nSPS) is 26.0. The van der Waals surface area contributed by atoms with Crippen LogP contribution in [0, 0.1) is 29.6 Å². The van der Waals surface area contributed by atoms with Gasteiger partial charge in [-0.05, 0) is 64.0 Å². The van der Waals surface area contributed by atoms with Gasteiger partial charge < -0.3 is 15.5 Å². The molecule has 2 rings (SSSR count). The Morgan fingerprint density at radius 3 is 2.50 bits per heavy atom. The number of carbonyl (C=O) groups is 2. The Bertz CT molecular complexity index is 523. The summed E-state index contributed by atoms with van der Waals surface area (Å²) in [7, 11) is 4.02. The predicted molar refractivity (Wildman–Crippen MR) is 106 cm³/mol. The summed E-state index contributed by atoms with van der Waals surface area (Å²) >= 11 is 0. The molecule has 2 N–H and O–H groups in total. The largest absolute Gasteiger partial charge is 0.355 e. The summed E-state index contributed by atoms with van der Waals surface area (Å²) in [5.41, 5.74) is 1.30. The molecule has 2 aliphatic rings. The summed E-state index contributed by atoms with van der Waals surface area (Å²) in [4.78, 5) is 26.3. The highest BCUT2D eigenvalue weighted by Gasteiger charge is 2.34. The minimum Gasteiger partial charge on any atom is -0.355 e. The van der Waals surface area contributed by atoms with Crippen molar-refractivity contribution in [2.45, 2.75) is 46.5 Å². The second-order valence-electron chi connectivity index (χ2n) is 8.79. The van der Waals surface area contributed by atoms with E-state index in [1.165, 1.54) is 5.57 Å². The molecule has 1 fully saturated rings. The Morgan fingerprint density at radius 2 is 1.92 bits per heavy atom. The molecule has 0 aromatic carbocycles. The van der Waals surface area contributed by atoms with Crippen molar-refractivity contribution in [2.75, 3.05) is 33.7 Å². The zero-order valence-electron chi connectivity index (χ0n) is 17.2. The average Bonchev–Trinajstić information content (AvgIpc) is 3.39. The van der Waals surface area contributed by atoms with Crippen molar-refractivity contribution in [1.82, 2.24) is 15.5 Å². The van der Waals surface area contributed by atoms with E-state index in [2.05, 4.69) is 42.4 Å². The maximum atomic E-state index is 12.3. The molecule has 3 unspecified atom stereocenters. The van der Waals surface area contributed by atoms with E-state index < -0.39 is 0 Å². The average molecular weight is 364 g/mol. The molecule has 148 valence electrons. The van der Waals surface area contributed by atoms with Crippen LogP contribution < -0.4 is 10.6 Å². The number of nitrogens with one attached hydrogen (secondary N) is 2. The fraction of sp³-hybridized carbons (Fsp3) is 0.810. The Morgan fingerprint density at radius 1 is 1.23 bits per heavy atom. The van der Waals surface area contributed by atoms with Gasteiger partial charge in [0.05, 0.1) is 0 Å². The van der Waals surface area contributed by atoms with Gasteiger partial charge in [-0.3, -0.25) is 9.59 Å². The monoisotopic (exact) mass is 363 g/mol. The number of allylic oxidation sites excluding steroid dienone is 1. The summed E-state index contributed by atoms with van der Waals surface area (Å²) in [6.07, 6.45) is 6.01. The van der Waals surface area contributed by atoms with E-state index in [0.29, 0.717) is 36.6 Å². The summed E-state index contributed by atoms with van der Waals surface area (Å²) in [5, 5.41) is 6.18. The van der Waals surface area contributed by atoms with Crippen LogP contribution in [0.5, 0.6) is 0 Å². The van der Waals surface area contributed by atoms with Gasteiger partial charge in [0.2, 0.25) is 11.8 Å². The fourth-order valence-electron chi connectivity index (χ4n) is 3.93. The van der Waals surface area contributed by atoms with Gasteiger partial charge in [0, 0.05) is 32.0 Å². The molecule has 3 atom stereocenters. The van der Waals surface area contributed by atoms with E-state index in [1.54, 1.807) is 0 Å². The SMILES string of the molecule is CC1=CC(CNC(=O)C2CC2)C(C(C)C)CC1CC(=O)NCCN(C)C. The van der Waals surface area contributed by atoms with Crippen LogP contribution in [0.2, 0.25) is 0 Å². The van der Waals surface area contributed by atoms with Crippen molar-refractivity contribution < 1.29 is 9.59 Å². The summed E-state index contributed by atoms with van der Waals surface area (Å²) in [5.74, 6) is 2.38. The maximum Gasteiger partial charge on any atom is 0.223 e. The number of hydrogen-bond donors (Lipinski definition) is 2. The van der Waals surface area contributed by atoms with Gasteiger partial charge >= 0.3 is 0 Å². The van der Waals surface area contributed by atoms with Crippen LogP contribution in [0.15, 0.2) is 11.6 Å². The molecule has 5 heteroatoms. The van der Waals surface area contributed by atoms with Crippen LogP contribution >= 0.6 is 0 Å². The predicted octanol–water partition coefficient (Wildman–Crippen LogP) is 2.44. The van der Waals surface area contributed by atoms with Crippen molar-refractivity contribution in [3.63, 3.8) is 0 Å². The third-order valence-corrected chi connectivity index (χ3v) is 5.86. The van der Waals surface area contributed by atoms with Crippen LogP contribution in [-0.4, -0.2) is 50.4 Å². The molecule has 0 bridgehead atoms. The lowest BCUT2D eigenvalue weighted by Gasteiger charge is -2.37. The van der Waals surface area contributed by atoms with Gasteiger partial charge in [-0.1, -0.05) is 25.5 Å². The molecule has 0 aromatic heterocycles. The molecule has 0 radical (unpaired) electrons. The first-order valence-electron chi connectivity index (χ1n) is 10.1. The zero-order chi connectivity index (χ0) is 19.3. The van der Waals surface area contributed by atoms with Gasteiger partial charge in [-0.2, -0.15) is 0 Å². The van der Waals surface area contributed by atoms with E-state index in [1.807, 2.05) is 14.1 Å². The number of likely N-dealkylation sites (N-methyl/N-ethyl adjacent to an activating group) is 1. The Balaban J connectivity index is 1.90. The molecule has 0 saturated heterocycles. The Kier molecular flexibility index (Phi) is 7.69. The molecule has 0 spiro atoms. The molecular formula is C21H37N3O2. The zero-order valence-corrected chi connectivity index (χ0v) is 17.2. The number of amides is 2. The van der Waals surface area contributed by atoms with Gasteiger partial charge in [0.1, 0.15) is 0 Å². The lowest BCUT2D eigenvalue weighted by molar-refractivity contribution is -0.122. The maximum absolute atomic E-state index is 12.3. The number of nitrogens with zero attached hydrogens (tertiary/aromatic N) is 1.